The zero-order valence-electron chi connectivity index (χ0n) is 12.2. The first-order valence-corrected chi connectivity index (χ1v) is 7.05. The Morgan fingerprint density at radius 1 is 1.14 bits per heavy atom. The van der Waals surface area contributed by atoms with Crippen molar-refractivity contribution in [1.29, 1.82) is 0 Å². The molecule has 0 saturated heterocycles. The van der Waals surface area contributed by atoms with Crippen LogP contribution in [0.15, 0.2) is 54.8 Å². The molecule has 0 radical (unpaired) electrons. The Balaban J connectivity index is 1.90. The summed E-state index contributed by atoms with van der Waals surface area (Å²) in [5.74, 6) is 1.36. The molecule has 0 unspecified atom stereocenters. The number of hydrogen-bond acceptors (Lipinski definition) is 4. The predicted octanol–water partition coefficient (Wildman–Crippen LogP) is 3.75. The fourth-order valence-corrected chi connectivity index (χ4v) is 2.21. The second-order valence-electron chi connectivity index (χ2n) is 4.90. The molecule has 2 aromatic rings. The second kappa shape index (κ2) is 6.35. The molecule has 2 aromatic carbocycles. The fraction of sp³-hybridized carbons (Fsp3) is 0.167. The van der Waals surface area contributed by atoms with Crippen molar-refractivity contribution in [1.82, 2.24) is 0 Å². The lowest BCUT2D eigenvalue weighted by Crippen LogP contribution is -2.03. The molecule has 4 heteroatoms. The molecule has 0 amide bonds. The molecular weight excluding hydrogens is 280 g/mol. The van der Waals surface area contributed by atoms with Gasteiger partial charge in [0.15, 0.2) is 17.3 Å². The van der Waals surface area contributed by atoms with E-state index < -0.39 is 0 Å². The van der Waals surface area contributed by atoms with Crippen molar-refractivity contribution in [2.24, 2.45) is 0 Å². The molecule has 0 spiro atoms. The van der Waals surface area contributed by atoms with Crippen molar-refractivity contribution < 1.29 is 19.0 Å². The van der Waals surface area contributed by atoms with Crippen molar-refractivity contribution in [3.8, 4) is 17.2 Å². The van der Waals surface area contributed by atoms with E-state index >= 15 is 0 Å². The van der Waals surface area contributed by atoms with Gasteiger partial charge < -0.3 is 14.2 Å². The van der Waals surface area contributed by atoms with Gasteiger partial charge in [0, 0.05) is 0 Å². The van der Waals surface area contributed by atoms with Gasteiger partial charge in [0.05, 0.1) is 11.8 Å². The molecule has 1 aliphatic rings. The van der Waals surface area contributed by atoms with Gasteiger partial charge in [-0.1, -0.05) is 30.3 Å². The lowest BCUT2D eigenvalue weighted by molar-refractivity contribution is 0.101. The summed E-state index contributed by atoms with van der Waals surface area (Å²) in [5, 5.41) is 0. The molecule has 1 aliphatic heterocycles. The topological polar surface area (TPSA) is 44.8 Å². The lowest BCUT2D eigenvalue weighted by atomic mass is 10.1. The van der Waals surface area contributed by atoms with E-state index in [-0.39, 0.29) is 5.78 Å². The first kappa shape index (κ1) is 14.2. The molecule has 0 aromatic heterocycles. The lowest BCUT2D eigenvalue weighted by Gasteiger charge is -2.15. The van der Waals surface area contributed by atoms with E-state index in [1.54, 1.807) is 18.2 Å². The van der Waals surface area contributed by atoms with Crippen molar-refractivity contribution in [2.75, 3.05) is 6.61 Å². The number of fused-ring (bicyclic) bond motifs is 1. The van der Waals surface area contributed by atoms with Gasteiger partial charge in [-0.15, -0.1) is 0 Å². The Kier molecular flexibility index (Phi) is 4.10. The number of hydrogen-bond donors (Lipinski definition) is 0. The zero-order valence-corrected chi connectivity index (χ0v) is 12.2. The van der Waals surface area contributed by atoms with Gasteiger partial charge >= 0.3 is 0 Å². The number of rotatable bonds is 4. The molecule has 112 valence electrons. The number of carbonyl (C=O) groups is 1. The summed E-state index contributed by atoms with van der Waals surface area (Å²) in [5.41, 5.74) is 1.54. The highest BCUT2D eigenvalue weighted by Crippen LogP contribution is 2.41. The van der Waals surface area contributed by atoms with E-state index in [2.05, 4.69) is 0 Å². The van der Waals surface area contributed by atoms with Gasteiger partial charge in [-0.2, -0.15) is 0 Å². The Labute approximate surface area is 128 Å². The number of Topliss-reactive ketones (excluding diaryl/α,β-unsaturated/α-hetero) is 1. The summed E-state index contributed by atoms with van der Waals surface area (Å²) in [7, 11) is 0. The highest BCUT2D eigenvalue weighted by Gasteiger charge is 2.21. The number of ketones is 1. The van der Waals surface area contributed by atoms with Crippen molar-refractivity contribution in [3.05, 3.63) is 65.9 Å². The van der Waals surface area contributed by atoms with E-state index in [1.807, 2.05) is 30.3 Å². The molecule has 3 rings (SSSR count). The summed E-state index contributed by atoms with van der Waals surface area (Å²) in [6.45, 7) is 2.29. The smallest absolute Gasteiger partial charge is 0.205 e. The summed E-state index contributed by atoms with van der Waals surface area (Å²) in [4.78, 5) is 11.7. The summed E-state index contributed by atoms with van der Waals surface area (Å²) >= 11 is 0. The molecule has 0 bridgehead atoms. The highest BCUT2D eigenvalue weighted by atomic mass is 16.5. The van der Waals surface area contributed by atoms with E-state index in [4.69, 9.17) is 14.2 Å². The number of benzene rings is 2. The first-order valence-electron chi connectivity index (χ1n) is 7.05. The summed E-state index contributed by atoms with van der Waals surface area (Å²) in [6, 6.07) is 13.3. The molecule has 0 aliphatic carbocycles. The third-order valence-electron chi connectivity index (χ3n) is 3.30. The minimum atomic E-state index is -0.0789. The van der Waals surface area contributed by atoms with Crippen LogP contribution in [-0.4, -0.2) is 12.4 Å². The normalized spacial score (nSPS) is 12.6. The molecule has 0 saturated carbocycles. The van der Waals surface area contributed by atoms with Gasteiger partial charge in [-0.3, -0.25) is 4.79 Å². The molecule has 4 nitrogen and oxygen atoms in total. The largest absolute Gasteiger partial charge is 0.485 e. The van der Waals surface area contributed by atoms with Crippen LogP contribution in [0.25, 0.3) is 0 Å². The molecular formula is C18H16O4. The van der Waals surface area contributed by atoms with E-state index in [9.17, 15) is 4.79 Å². The maximum Gasteiger partial charge on any atom is 0.205 e. The van der Waals surface area contributed by atoms with Crippen molar-refractivity contribution in [3.63, 3.8) is 0 Å². The van der Waals surface area contributed by atoms with Gasteiger partial charge in [0.25, 0.3) is 0 Å². The van der Waals surface area contributed by atoms with Crippen LogP contribution in [-0.2, 0) is 6.61 Å². The van der Waals surface area contributed by atoms with Crippen LogP contribution in [0.5, 0.6) is 17.2 Å². The third-order valence-corrected chi connectivity index (χ3v) is 3.30. The third kappa shape index (κ3) is 2.96. The van der Waals surface area contributed by atoms with Crippen LogP contribution >= 0.6 is 0 Å². The SMILES string of the molecule is CC(=O)c1ccc(OCc2ccccc2)c2c1OC=CCO2. The Hall–Kier alpha value is -2.75. The zero-order chi connectivity index (χ0) is 15.4. The number of carbonyl (C=O) groups excluding carboxylic acids is 1. The second-order valence-corrected chi connectivity index (χ2v) is 4.90. The van der Waals surface area contributed by atoms with E-state index in [0.717, 1.165) is 5.56 Å². The van der Waals surface area contributed by atoms with Gasteiger partial charge in [-0.25, -0.2) is 0 Å². The quantitative estimate of drug-likeness (QED) is 0.806. The Morgan fingerprint density at radius 3 is 2.73 bits per heavy atom. The molecule has 1 heterocycles. The standard InChI is InChI=1S/C18H16O4/c1-13(19)15-8-9-16(18-17(15)20-10-5-11-21-18)22-12-14-6-3-2-4-7-14/h2-10H,11-12H2,1H3. The van der Waals surface area contributed by atoms with Crippen LogP contribution in [0.2, 0.25) is 0 Å². The molecule has 22 heavy (non-hydrogen) atoms. The summed E-state index contributed by atoms with van der Waals surface area (Å²) in [6.07, 6.45) is 3.27. The average molecular weight is 296 g/mol. The molecule has 0 atom stereocenters. The van der Waals surface area contributed by atoms with Crippen LogP contribution in [0.4, 0.5) is 0 Å². The van der Waals surface area contributed by atoms with Gasteiger partial charge in [0.1, 0.15) is 13.2 Å². The Morgan fingerprint density at radius 2 is 1.95 bits per heavy atom. The Bertz CT molecular complexity index is 705. The minimum Gasteiger partial charge on any atom is -0.485 e. The van der Waals surface area contributed by atoms with Crippen LogP contribution < -0.4 is 14.2 Å². The van der Waals surface area contributed by atoms with E-state index in [1.165, 1.54) is 13.2 Å². The van der Waals surface area contributed by atoms with Crippen molar-refractivity contribution in [2.45, 2.75) is 13.5 Å². The van der Waals surface area contributed by atoms with Crippen LogP contribution in [0.1, 0.15) is 22.8 Å². The maximum absolute atomic E-state index is 11.7. The summed E-state index contributed by atoms with van der Waals surface area (Å²) < 4.78 is 17.0. The van der Waals surface area contributed by atoms with Crippen LogP contribution in [0.3, 0.4) is 0 Å². The maximum atomic E-state index is 11.7. The monoisotopic (exact) mass is 296 g/mol. The molecule has 0 fully saturated rings. The minimum absolute atomic E-state index is 0.0789. The van der Waals surface area contributed by atoms with Gasteiger partial charge in [0.2, 0.25) is 5.75 Å². The predicted molar refractivity (Wildman–Crippen MR) is 82.5 cm³/mol. The van der Waals surface area contributed by atoms with E-state index in [0.29, 0.717) is 36.0 Å². The number of ether oxygens (including phenoxy) is 3. The average Bonchev–Trinajstić information content (AvgIpc) is 2.79. The van der Waals surface area contributed by atoms with Crippen molar-refractivity contribution >= 4 is 5.78 Å². The first-order chi connectivity index (χ1) is 10.8. The van der Waals surface area contributed by atoms with Crippen LogP contribution in [0, 0.1) is 0 Å². The fourth-order valence-electron chi connectivity index (χ4n) is 2.21. The van der Waals surface area contributed by atoms with Gasteiger partial charge in [-0.05, 0) is 30.7 Å². The highest BCUT2D eigenvalue weighted by molar-refractivity contribution is 5.98. The molecule has 0 N–H and O–H groups in total.